The maximum atomic E-state index is 12.7. The van der Waals surface area contributed by atoms with Gasteiger partial charge in [0.1, 0.15) is 0 Å². The molecule has 2 aromatic rings. The maximum Gasteiger partial charge on any atom is 0.239 e. The van der Waals surface area contributed by atoms with Crippen molar-refractivity contribution in [1.82, 2.24) is 15.0 Å². The van der Waals surface area contributed by atoms with Crippen LogP contribution in [0.2, 0.25) is 0 Å². The molecule has 0 saturated carbocycles. The summed E-state index contributed by atoms with van der Waals surface area (Å²) in [7, 11) is 0. The molecule has 3 heterocycles. The van der Waals surface area contributed by atoms with E-state index in [2.05, 4.69) is 52.4 Å². The SMILES string of the molecule is CC1CCCN2CC[C@@H](Cc3c[nH]c4ccccc34)N2C1=O. The number of nitrogens with one attached hydrogen (secondary N) is 1. The molecule has 1 amide bonds. The Morgan fingerprint density at radius 2 is 2.09 bits per heavy atom. The van der Waals surface area contributed by atoms with Crippen molar-refractivity contribution in [3.05, 3.63) is 36.0 Å². The molecule has 1 aromatic carbocycles. The van der Waals surface area contributed by atoms with Gasteiger partial charge in [-0.3, -0.25) is 9.80 Å². The molecular weight excluding hydrogens is 274 g/mol. The zero-order chi connectivity index (χ0) is 15.1. The van der Waals surface area contributed by atoms with Crippen LogP contribution in [0.3, 0.4) is 0 Å². The van der Waals surface area contributed by atoms with Gasteiger partial charge in [-0.05, 0) is 37.3 Å². The normalized spacial score (nSPS) is 26.4. The lowest BCUT2D eigenvalue weighted by atomic mass is 10.0. The van der Waals surface area contributed by atoms with E-state index in [9.17, 15) is 4.79 Å². The summed E-state index contributed by atoms with van der Waals surface area (Å²) in [5, 5.41) is 5.65. The van der Waals surface area contributed by atoms with E-state index in [-0.39, 0.29) is 5.92 Å². The number of H-pyrrole nitrogens is 1. The first-order valence-corrected chi connectivity index (χ1v) is 8.37. The number of amides is 1. The first-order valence-electron chi connectivity index (χ1n) is 8.37. The van der Waals surface area contributed by atoms with Crippen LogP contribution in [-0.2, 0) is 11.2 Å². The fourth-order valence-electron chi connectivity index (χ4n) is 3.97. The minimum atomic E-state index is 0.161. The third-order valence-corrected chi connectivity index (χ3v) is 5.20. The van der Waals surface area contributed by atoms with Crippen LogP contribution >= 0.6 is 0 Å². The maximum absolute atomic E-state index is 12.7. The molecule has 0 radical (unpaired) electrons. The number of carbonyl (C=O) groups is 1. The highest BCUT2D eigenvalue weighted by Crippen LogP contribution is 2.30. The first-order chi connectivity index (χ1) is 10.7. The smallest absolute Gasteiger partial charge is 0.239 e. The Morgan fingerprint density at radius 3 is 3.00 bits per heavy atom. The molecule has 2 aliphatic heterocycles. The van der Waals surface area contributed by atoms with Crippen molar-refractivity contribution < 1.29 is 4.79 Å². The third-order valence-electron chi connectivity index (χ3n) is 5.20. The van der Waals surface area contributed by atoms with E-state index in [4.69, 9.17) is 0 Å². The van der Waals surface area contributed by atoms with Crippen LogP contribution in [0.1, 0.15) is 31.7 Å². The lowest BCUT2D eigenvalue weighted by molar-refractivity contribution is -0.149. The second kappa shape index (κ2) is 5.43. The topological polar surface area (TPSA) is 39.3 Å². The molecule has 4 rings (SSSR count). The molecule has 2 fully saturated rings. The summed E-state index contributed by atoms with van der Waals surface area (Å²) in [5.41, 5.74) is 2.51. The number of aromatic amines is 1. The number of fused-ring (bicyclic) bond motifs is 2. The quantitative estimate of drug-likeness (QED) is 0.925. The van der Waals surface area contributed by atoms with Crippen molar-refractivity contribution in [2.24, 2.45) is 5.92 Å². The molecule has 1 N–H and O–H groups in total. The van der Waals surface area contributed by atoms with Crippen LogP contribution in [0.25, 0.3) is 10.9 Å². The molecule has 4 heteroatoms. The number of hydrogen-bond donors (Lipinski definition) is 1. The monoisotopic (exact) mass is 297 g/mol. The molecule has 1 unspecified atom stereocenters. The molecule has 2 atom stereocenters. The van der Waals surface area contributed by atoms with E-state index in [1.54, 1.807) is 0 Å². The summed E-state index contributed by atoms with van der Waals surface area (Å²) in [6.45, 7) is 4.12. The summed E-state index contributed by atoms with van der Waals surface area (Å²) < 4.78 is 0. The number of nitrogens with zero attached hydrogens (tertiary/aromatic N) is 2. The van der Waals surface area contributed by atoms with Gasteiger partial charge in [0.2, 0.25) is 5.91 Å². The molecule has 2 saturated heterocycles. The molecule has 22 heavy (non-hydrogen) atoms. The van der Waals surface area contributed by atoms with Crippen LogP contribution in [0, 0.1) is 5.92 Å². The van der Waals surface area contributed by atoms with Crippen molar-refractivity contribution in [3.63, 3.8) is 0 Å². The van der Waals surface area contributed by atoms with E-state index in [1.165, 1.54) is 16.5 Å². The Hall–Kier alpha value is -1.81. The summed E-state index contributed by atoms with van der Waals surface area (Å²) in [6.07, 6.45) is 6.28. The minimum absolute atomic E-state index is 0.161. The predicted octanol–water partition coefficient (Wildman–Crippen LogP) is 2.96. The van der Waals surface area contributed by atoms with Gasteiger partial charge in [-0.2, -0.15) is 0 Å². The Balaban J connectivity index is 1.61. The fraction of sp³-hybridized carbons (Fsp3) is 0.500. The molecule has 2 aliphatic rings. The third kappa shape index (κ3) is 2.22. The standard InChI is InChI=1S/C18H23N3O/c1-13-5-4-9-20-10-8-15(21(20)18(13)22)11-14-12-19-17-7-3-2-6-16(14)17/h2-3,6-7,12-13,15,19H,4-5,8-11H2,1H3/t13?,15-/m0/s1. The summed E-state index contributed by atoms with van der Waals surface area (Å²) in [4.78, 5) is 16.1. The van der Waals surface area contributed by atoms with Gasteiger partial charge in [-0.25, -0.2) is 5.01 Å². The second-order valence-corrected chi connectivity index (χ2v) is 6.69. The summed E-state index contributed by atoms with van der Waals surface area (Å²) >= 11 is 0. The first kappa shape index (κ1) is 13.8. The Bertz CT molecular complexity index is 692. The fourth-order valence-corrected chi connectivity index (χ4v) is 3.97. The van der Waals surface area contributed by atoms with Gasteiger partial charge < -0.3 is 4.98 Å². The van der Waals surface area contributed by atoms with Crippen molar-refractivity contribution in [2.45, 2.75) is 38.6 Å². The number of hydrazine groups is 1. The zero-order valence-corrected chi connectivity index (χ0v) is 13.1. The van der Waals surface area contributed by atoms with Gasteiger partial charge in [-0.1, -0.05) is 25.1 Å². The van der Waals surface area contributed by atoms with Gasteiger partial charge in [-0.15, -0.1) is 0 Å². The van der Waals surface area contributed by atoms with Crippen molar-refractivity contribution in [3.8, 4) is 0 Å². The number of carbonyl (C=O) groups excluding carboxylic acids is 1. The number of hydrogen-bond acceptors (Lipinski definition) is 2. The van der Waals surface area contributed by atoms with Gasteiger partial charge in [0.25, 0.3) is 0 Å². The van der Waals surface area contributed by atoms with Crippen LogP contribution in [0.4, 0.5) is 0 Å². The summed E-state index contributed by atoms with van der Waals surface area (Å²) in [5.74, 6) is 0.480. The number of para-hydroxylation sites is 1. The average Bonchev–Trinajstić information content (AvgIpc) is 3.08. The van der Waals surface area contributed by atoms with Gasteiger partial charge in [0.15, 0.2) is 0 Å². The molecule has 116 valence electrons. The number of aromatic nitrogens is 1. The van der Waals surface area contributed by atoms with Gasteiger partial charge in [0, 0.05) is 36.1 Å². The van der Waals surface area contributed by atoms with Gasteiger partial charge in [0.05, 0.1) is 6.04 Å². The van der Waals surface area contributed by atoms with E-state index in [0.29, 0.717) is 11.9 Å². The second-order valence-electron chi connectivity index (χ2n) is 6.69. The molecular formula is C18H23N3O. The van der Waals surface area contributed by atoms with Gasteiger partial charge >= 0.3 is 0 Å². The highest BCUT2D eigenvalue weighted by molar-refractivity contribution is 5.83. The Kier molecular flexibility index (Phi) is 3.41. The Morgan fingerprint density at radius 1 is 1.23 bits per heavy atom. The van der Waals surface area contributed by atoms with Crippen molar-refractivity contribution in [1.29, 1.82) is 0 Å². The average molecular weight is 297 g/mol. The Labute approximate surface area is 131 Å². The van der Waals surface area contributed by atoms with Crippen molar-refractivity contribution in [2.75, 3.05) is 13.1 Å². The number of rotatable bonds is 2. The van der Waals surface area contributed by atoms with Crippen molar-refractivity contribution >= 4 is 16.8 Å². The van der Waals surface area contributed by atoms with E-state index >= 15 is 0 Å². The zero-order valence-electron chi connectivity index (χ0n) is 13.1. The van der Waals surface area contributed by atoms with E-state index < -0.39 is 0 Å². The lowest BCUT2D eigenvalue weighted by Gasteiger charge is -2.31. The van der Waals surface area contributed by atoms with Crippen LogP contribution in [0.5, 0.6) is 0 Å². The molecule has 4 nitrogen and oxygen atoms in total. The summed E-state index contributed by atoms with van der Waals surface area (Å²) in [6, 6.07) is 8.73. The molecule has 0 aliphatic carbocycles. The molecule has 0 spiro atoms. The van der Waals surface area contributed by atoms with Crippen LogP contribution < -0.4 is 0 Å². The molecule has 0 bridgehead atoms. The number of benzene rings is 1. The van der Waals surface area contributed by atoms with Crippen LogP contribution in [-0.4, -0.2) is 40.0 Å². The van der Waals surface area contributed by atoms with E-state index in [1.807, 2.05) is 0 Å². The minimum Gasteiger partial charge on any atom is -0.361 e. The van der Waals surface area contributed by atoms with E-state index in [0.717, 1.165) is 38.8 Å². The lowest BCUT2D eigenvalue weighted by Crippen LogP contribution is -2.46. The highest BCUT2D eigenvalue weighted by atomic mass is 16.2. The highest BCUT2D eigenvalue weighted by Gasteiger charge is 2.38. The molecule has 1 aromatic heterocycles. The largest absolute Gasteiger partial charge is 0.361 e. The predicted molar refractivity (Wildman–Crippen MR) is 87.2 cm³/mol. The van der Waals surface area contributed by atoms with Crippen LogP contribution in [0.15, 0.2) is 30.5 Å².